The van der Waals surface area contributed by atoms with Gasteiger partial charge < -0.3 is 10.3 Å². The van der Waals surface area contributed by atoms with Crippen molar-refractivity contribution in [3.63, 3.8) is 0 Å². The van der Waals surface area contributed by atoms with Crippen molar-refractivity contribution >= 4 is 0 Å². The smallest absolute Gasteiger partial charge is 0.243 e. The molecular formula is C14H23N3O. The standard InChI is InChI=1S/C14H23N3O/c1-2-8-12(15)14-16-13(17-18-14)11-9-6-4-3-5-7-10-11/h2,11-12H,1,3-10,15H2. The SMILES string of the molecule is C=CCC(N)c1nc(C2CCCCCCC2)no1. The van der Waals surface area contributed by atoms with E-state index >= 15 is 0 Å². The van der Waals surface area contributed by atoms with Crippen LogP contribution in [0.15, 0.2) is 17.2 Å². The average Bonchev–Trinajstić information content (AvgIpc) is 2.78. The lowest BCUT2D eigenvalue weighted by Crippen LogP contribution is -2.10. The molecule has 0 aliphatic heterocycles. The van der Waals surface area contributed by atoms with E-state index in [9.17, 15) is 0 Å². The van der Waals surface area contributed by atoms with E-state index in [1.807, 2.05) is 0 Å². The van der Waals surface area contributed by atoms with Gasteiger partial charge >= 0.3 is 0 Å². The second-order valence-electron chi connectivity index (χ2n) is 5.16. The topological polar surface area (TPSA) is 64.9 Å². The zero-order valence-corrected chi connectivity index (χ0v) is 11.0. The molecule has 0 radical (unpaired) electrons. The first kappa shape index (κ1) is 13.3. The second-order valence-corrected chi connectivity index (χ2v) is 5.16. The molecule has 4 nitrogen and oxygen atoms in total. The molecule has 2 N–H and O–H groups in total. The first-order chi connectivity index (χ1) is 8.81. The maximum absolute atomic E-state index is 5.94. The van der Waals surface area contributed by atoms with E-state index in [-0.39, 0.29) is 6.04 Å². The van der Waals surface area contributed by atoms with Gasteiger partial charge in [-0.05, 0) is 19.3 Å². The average molecular weight is 249 g/mol. The van der Waals surface area contributed by atoms with Crippen molar-refractivity contribution in [1.29, 1.82) is 0 Å². The highest BCUT2D eigenvalue weighted by molar-refractivity contribution is 4.99. The number of hydrogen-bond acceptors (Lipinski definition) is 4. The summed E-state index contributed by atoms with van der Waals surface area (Å²) in [5, 5.41) is 4.12. The molecule has 0 bridgehead atoms. The largest absolute Gasteiger partial charge is 0.338 e. The first-order valence-electron chi connectivity index (χ1n) is 7.01. The van der Waals surface area contributed by atoms with Gasteiger partial charge in [-0.1, -0.05) is 43.3 Å². The molecule has 1 heterocycles. The molecule has 100 valence electrons. The molecule has 1 fully saturated rings. The third-order valence-corrected chi connectivity index (χ3v) is 3.67. The summed E-state index contributed by atoms with van der Waals surface area (Å²) in [5.74, 6) is 1.86. The zero-order valence-electron chi connectivity index (χ0n) is 11.0. The highest BCUT2D eigenvalue weighted by atomic mass is 16.5. The van der Waals surface area contributed by atoms with Gasteiger partial charge in [0.25, 0.3) is 0 Å². The third kappa shape index (κ3) is 3.42. The summed E-state index contributed by atoms with van der Waals surface area (Å²) in [6.07, 6.45) is 11.4. The Morgan fingerprint density at radius 1 is 1.28 bits per heavy atom. The Kier molecular flexibility index (Phi) is 4.93. The number of aromatic nitrogens is 2. The summed E-state index contributed by atoms with van der Waals surface area (Å²) in [6.45, 7) is 3.68. The highest BCUT2D eigenvalue weighted by Gasteiger charge is 2.21. The Balaban J connectivity index is 2.00. The van der Waals surface area contributed by atoms with Gasteiger partial charge in [-0.25, -0.2) is 0 Å². The lowest BCUT2D eigenvalue weighted by molar-refractivity contribution is 0.344. The molecule has 0 saturated heterocycles. The predicted octanol–water partition coefficient (Wildman–Crippen LogP) is 3.47. The fourth-order valence-electron chi connectivity index (χ4n) is 2.56. The lowest BCUT2D eigenvalue weighted by atomic mass is 9.91. The monoisotopic (exact) mass is 249 g/mol. The van der Waals surface area contributed by atoms with Gasteiger partial charge in [0.05, 0.1) is 6.04 Å². The molecule has 0 spiro atoms. The minimum atomic E-state index is -0.211. The van der Waals surface area contributed by atoms with Crippen molar-refractivity contribution in [3.8, 4) is 0 Å². The van der Waals surface area contributed by atoms with Crippen molar-refractivity contribution < 1.29 is 4.52 Å². The molecule has 2 rings (SSSR count). The van der Waals surface area contributed by atoms with Crippen LogP contribution in [0.4, 0.5) is 0 Å². The van der Waals surface area contributed by atoms with Crippen LogP contribution < -0.4 is 5.73 Å². The van der Waals surface area contributed by atoms with E-state index in [1.54, 1.807) is 6.08 Å². The molecule has 1 aliphatic carbocycles. The van der Waals surface area contributed by atoms with E-state index in [4.69, 9.17) is 10.3 Å². The molecule has 1 saturated carbocycles. The number of hydrogen-bond donors (Lipinski definition) is 1. The molecule has 18 heavy (non-hydrogen) atoms. The van der Waals surface area contributed by atoms with Gasteiger partial charge in [-0.2, -0.15) is 4.98 Å². The van der Waals surface area contributed by atoms with Gasteiger partial charge in [-0.3, -0.25) is 0 Å². The quantitative estimate of drug-likeness (QED) is 0.830. The zero-order chi connectivity index (χ0) is 12.8. The van der Waals surface area contributed by atoms with Crippen LogP contribution in [0, 0.1) is 0 Å². The van der Waals surface area contributed by atoms with Gasteiger partial charge in [0.1, 0.15) is 0 Å². The van der Waals surface area contributed by atoms with Crippen LogP contribution in [-0.2, 0) is 0 Å². The van der Waals surface area contributed by atoms with E-state index in [0.717, 1.165) is 5.82 Å². The molecule has 0 aromatic carbocycles. The van der Waals surface area contributed by atoms with Crippen molar-refractivity contribution in [2.45, 2.75) is 63.3 Å². The molecule has 0 amide bonds. The Labute approximate surface area is 109 Å². The van der Waals surface area contributed by atoms with Crippen LogP contribution >= 0.6 is 0 Å². The Hall–Kier alpha value is -1.16. The van der Waals surface area contributed by atoms with Crippen LogP contribution in [0.1, 0.15) is 75.0 Å². The maximum Gasteiger partial charge on any atom is 0.243 e. The van der Waals surface area contributed by atoms with Crippen molar-refractivity contribution in [2.24, 2.45) is 5.73 Å². The maximum atomic E-state index is 5.94. The number of nitrogens with zero attached hydrogens (tertiary/aromatic N) is 2. The van der Waals surface area contributed by atoms with E-state index in [1.165, 1.54) is 44.9 Å². The highest BCUT2D eigenvalue weighted by Crippen LogP contribution is 2.29. The van der Waals surface area contributed by atoms with E-state index in [0.29, 0.717) is 18.2 Å². The normalized spacial score (nSPS) is 20.1. The predicted molar refractivity (Wildman–Crippen MR) is 71.1 cm³/mol. The first-order valence-corrected chi connectivity index (χ1v) is 7.01. The van der Waals surface area contributed by atoms with Crippen LogP contribution in [0.5, 0.6) is 0 Å². The molecule has 1 aliphatic rings. The Bertz CT molecular complexity index is 367. The Morgan fingerprint density at radius 2 is 1.94 bits per heavy atom. The van der Waals surface area contributed by atoms with Gasteiger partial charge in [-0.15, -0.1) is 6.58 Å². The van der Waals surface area contributed by atoms with Crippen molar-refractivity contribution in [2.75, 3.05) is 0 Å². The second kappa shape index (κ2) is 6.69. The number of nitrogens with two attached hydrogens (primary N) is 1. The van der Waals surface area contributed by atoms with Gasteiger partial charge in [0, 0.05) is 5.92 Å². The van der Waals surface area contributed by atoms with Crippen molar-refractivity contribution in [3.05, 3.63) is 24.4 Å². The van der Waals surface area contributed by atoms with E-state index in [2.05, 4.69) is 16.7 Å². The van der Waals surface area contributed by atoms with Crippen LogP contribution in [0.3, 0.4) is 0 Å². The fourth-order valence-corrected chi connectivity index (χ4v) is 2.56. The third-order valence-electron chi connectivity index (χ3n) is 3.67. The summed E-state index contributed by atoms with van der Waals surface area (Å²) < 4.78 is 5.27. The molecule has 1 aromatic heterocycles. The van der Waals surface area contributed by atoms with Crippen molar-refractivity contribution in [1.82, 2.24) is 10.1 Å². The van der Waals surface area contributed by atoms with Crippen LogP contribution in [-0.4, -0.2) is 10.1 Å². The summed E-state index contributed by atoms with van der Waals surface area (Å²) in [4.78, 5) is 4.47. The minimum absolute atomic E-state index is 0.211. The summed E-state index contributed by atoms with van der Waals surface area (Å²) in [7, 11) is 0. The van der Waals surface area contributed by atoms with E-state index < -0.39 is 0 Å². The summed E-state index contributed by atoms with van der Waals surface area (Å²) in [5.41, 5.74) is 5.94. The summed E-state index contributed by atoms with van der Waals surface area (Å²) >= 11 is 0. The van der Waals surface area contributed by atoms with Crippen LogP contribution in [0.2, 0.25) is 0 Å². The molecule has 1 unspecified atom stereocenters. The molecule has 4 heteroatoms. The molecule has 1 aromatic rings. The minimum Gasteiger partial charge on any atom is -0.338 e. The lowest BCUT2D eigenvalue weighted by Gasteiger charge is -2.15. The molecular weight excluding hydrogens is 226 g/mol. The summed E-state index contributed by atoms with van der Waals surface area (Å²) in [6, 6.07) is -0.211. The van der Waals surface area contributed by atoms with Crippen LogP contribution in [0.25, 0.3) is 0 Å². The van der Waals surface area contributed by atoms with Gasteiger partial charge in [0.2, 0.25) is 5.89 Å². The van der Waals surface area contributed by atoms with Gasteiger partial charge in [0.15, 0.2) is 5.82 Å². The fraction of sp³-hybridized carbons (Fsp3) is 0.714. The number of rotatable bonds is 4. The Morgan fingerprint density at radius 3 is 2.61 bits per heavy atom. The molecule has 1 atom stereocenters.